The number of benzene rings is 1. The molecule has 0 bridgehead atoms. The second-order valence-electron chi connectivity index (χ2n) is 2.87. The molecular formula is C10H10BrN3O2. The van der Waals surface area contributed by atoms with Crippen LogP contribution in [0.15, 0.2) is 22.7 Å². The Kier molecular flexibility index (Phi) is 4.61. The number of amides is 1. The first-order valence-corrected chi connectivity index (χ1v) is 5.29. The molecule has 0 aliphatic rings. The van der Waals surface area contributed by atoms with Gasteiger partial charge in [-0.25, -0.2) is 4.79 Å². The first-order valence-electron chi connectivity index (χ1n) is 4.50. The van der Waals surface area contributed by atoms with Gasteiger partial charge in [0, 0.05) is 11.0 Å². The Morgan fingerprint density at radius 2 is 2.38 bits per heavy atom. The van der Waals surface area contributed by atoms with Crippen LogP contribution in [0.4, 0.5) is 10.5 Å². The number of hydrogen-bond donors (Lipinski definition) is 2. The Morgan fingerprint density at radius 1 is 1.62 bits per heavy atom. The van der Waals surface area contributed by atoms with Gasteiger partial charge in [-0.15, -0.1) is 0 Å². The standard InChI is InChI=1S/C10H10BrN3O2/c11-8-2-1-3-9(7(8)6-12)14-4-5-16-10(13)15/h1-3,14H,4-5H2,(H2,13,15). The summed E-state index contributed by atoms with van der Waals surface area (Å²) in [5.74, 6) is 0. The van der Waals surface area contributed by atoms with E-state index < -0.39 is 6.09 Å². The molecule has 0 fully saturated rings. The predicted molar refractivity (Wildman–Crippen MR) is 62.9 cm³/mol. The Hall–Kier alpha value is -1.74. The lowest BCUT2D eigenvalue weighted by molar-refractivity contribution is 0.161. The number of nitrogens with two attached hydrogens (primary N) is 1. The van der Waals surface area contributed by atoms with Crippen LogP contribution in [0, 0.1) is 11.3 Å². The second kappa shape index (κ2) is 5.98. The first kappa shape index (κ1) is 12.3. The molecule has 6 heteroatoms. The largest absolute Gasteiger partial charge is 0.448 e. The summed E-state index contributed by atoms with van der Waals surface area (Å²) in [5.41, 5.74) is 6.00. The molecule has 0 aliphatic carbocycles. The van der Waals surface area contributed by atoms with E-state index >= 15 is 0 Å². The minimum absolute atomic E-state index is 0.159. The van der Waals surface area contributed by atoms with E-state index in [0.29, 0.717) is 17.8 Å². The number of nitriles is 1. The van der Waals surface area contributed by atoms with Gasteiger partial charge in [0.25, 0.3) is 0 Å². The Bertz CT molecular complexity index is 429. The van der Waals surface area contributed by atoms with Gasteiger partial charge in [-0.3, -0.25) is 0 Å². The van der Waals surface area contributed by atoms with Crippen molar-refractivity contribution in [1.82, 2.24) is 0 Å². The number of carbonyl (C=O) groups is 1. The van der Waals surface area contributed by atoms with Crippen molar-refractivity contribution in [2.75, 3.05) is 18.5 Å². The number of carbonyl (C=O) groups excluding carboxylic acids is 1. The van der Waals surface area contributed by atoms with Crippen LogP contribution >= 0.6 is 15.9 Å². The van der Waals surface area contributed by atoms with Gasteiger partial charge >= 0.3 is 6.09 Å². The normalized spacial score (nSPS) is 9.25. The Balaban J connectivity index is 2.58. The molecule has 16 heavy (non-hydrogen) atoms. The van der Waals surface area contributed by atoms with Crippen molar-refractivity contribution in [3.63, 3.8) is 0 Å². The van der Waals surface area contributed by atoms with Crippen molar-refractivity contribution in [3.05, 3.63) is 28.2 Å². The van der Waals surface area contributed by atoms with Crippen LogP contribution in [0.25, 0.3) is 0 Å². The molecule has 5 nitrogen and oxygen atoms in total. The third-order valence-corrected chi connectivity index (χ3v) is 2.45. The number of primary amides is 1. The lowest BCUT2D eigenvalue weighted by atomic mass is 10.2. The zero-order chi connectivity index (χ0) is 12.0. The lowest BCUT2D eigenvalue weighted by Gasteiger charge is -2.08. The van der Waals surface area contributed by atoms with Gasteiger partial charge in [-0.2, -0.15) is 5.26 Å². The van der Waals surface area contributed by atoms with E-state index in [-0.39, 0.29) is 6.61 Å². The van der Waals surface area contributed by atoms with Crippen molar-refractivity contribution >= 4 is 27.7 Å². The maximum Gasteiger partial charge on any atom is 0.404 e. The lowest BCUT2D eigenvalue weighted by Crippen LogP contribution is -2.18. The van der Waals surface area contributed by atoms with Gasteiger partial charge in [-0.05, 0) is 28.1 Å². The molecule has 0 spiro atoms. The molecular weight excluding hydrogens is 274 g/mol. The summed E-state index contributed by atoms with van der Waals surface area (Å²) in [6.07, 6.45) is -0.809. The van der Waals surface area contributed by atoms with E-state index in [1.165, 1.54) is 0 Å². The van der Waals surface area contributed by atoms with Gasteiger partial charge in [-0.1, -0.05) is 6.07 Å². The fraction of sp³-hybridized carbons (Fsp3) is 0.200. The molecule has 0 aromatic heterocycles. The van der Waals surface area contributed by atoms with Gasteiger partial charge in [0.1, 0.15) is 12.7 Å². The summed E-state index contributed by atoms with van der Waals surface area (Å²) in [5, 5.41) is 11.9. The Labute approximate surface area is 101 Å². The number of anilines is 1. The highest BCUT2D eigenvalue weighted by Crippen LogP contribution is 2.23. The van der Waals surface area contributed by atoms with Crippen LogP contribution in [0.5, 0.6) is 0 Å². The van der Waals surface area contributed by atoms with Crippen molar-refractivity contribution in [3.8, 4) is 6.07 Å². The molecule has 84 valence electrons. The van der Waals surface area contributed by atoms with Gasteiger partial charge in [0.15, 0.2) is 0 Å². The highest BCUT2D eigenvalue weighted by atomic mass is 79.9. The molecule has 0 unspecified atom stereocenters. The molecule has 1 rings (SSSR count). The summed E-state index contributed by atoms with van der Waals surface area (Å²) >= 11 is 3.27. The smallest absolute Gasteiger partial charge is 0.404 e. The highest BCUT2D eigenvalue weighted by Gasteiger charge is 2.04. The molecule has 0 radical (unpaired) electrons. The zero-order valence-electron chi connectivity index (χ0n) is 8.37. The quantitative estimate of drug-likeness (QED) is 0.825. The van der Waals surface area contributed by atoms with E-state index in [0.717, 1.165) is 4.47 Å². The number of nitrogens with zero attached hydrogens (tertiary/aromatic N) is 1. The molecule has 0 atom stereocenters. The topological polar surface area (TPSA) is 88.1 Å². The number of rotatable bonds is 4. The van der Waals surface area contributed by atoms with E-state index in [1.807, 2.05) is 6.07 Å². The third kappa shape index (κ3) is 3.44. The number of hydrogen-bond acceptors (Lipinski definition) is 4. The van der Waals surface area contributed by atoms with Crippen LogP contribution in [0.3, 0.4) is 0 Å². The van der Waals surface area contributed by atoms with Crippen LogP contribution in [0.2, 0.25) is 0 Å². The fourth-order valence-corrected chi connectivity index (χ4v) is 1.58. The average Bonchev–Trinajstić information content (AvgIpc) is 2.24. The minimum Gasteiger partial charge on any atom is -0.448 e. The summed E-state index contributed by atoms with van der Waals surface area (Å²) in [6.45, 7) is 0.556. The first-order chi connectivity index (χ1) is 7.65. The zero-order valence-corrected chi connectivity index (χ0v) is 9.95. The summed E-state index contributed by atoms with van der Waals surface area (Å²) in [6, 6.07) is 7.43. The number of nitrogens with one attached hydrogen (secondary N) is 1. The summed E-state index contributed by atoms with van der Waals surface area (Å²) in [7, 11) is 0. The van der Waals surface area contributed by atoms with Crippen molar-refractivity contribution in [2.24, 2.45) is 5.73 Å². The van der Waals surface area contributed by atoms with Crippen LogP contribution < -0.4 is 11.1 Å². The molecule has 1 aromatic rings. The number of halogens is 1. The summed E-state index contributed by atoms with van der Waals surface area (Å²) < 4.78 is 5.27. The Morgan fingerprint density at radius 3 is 3.00 bits per heavy atom. The van der Waals surface area contributed by atoms with Crippen LogP contribution in [0.1, 0.15) is 5.56 Å². The van der Waals surface area contributed by atoms with Crippen LogP contribution in [-0.2, 0) is 4.74 Å². The average molecular weight is 284 g/mol. The number of ether oxygens (including phenoxy) is 1. The molecule has 0 heterocycles. The molecule has 1 amide bonds. The molecule has 3 N–H and O–H groups in total. The van der Waals surface area contributed by atoms with E-state index in [2.05, 4.69) is 32.1 Å². The monoisotopic (exact) mass is 283 g/mol. The van der Waals surface area contributed by atoms with Gasteiger partial charge in [0.05, 0.1) is 11.3 Å². The molecule has 0 saturated carbocycles. The van der Waals surface area contributed by atoms with E-state index in [4.69, 9.17) is 11.0 Å². The van der Waals surface area contributed by atoms with Crippen molar-refractivity contribution < 1.29 is 9.53 Å². The molecule has 0 saturated heterocycles. The highest BCUT2D eigenvalue weighted by molar-refractivity contribution is 9.10. The second-order valence-corrected chi connectivity index (χ2v) is 3.72. The van der Waals surface area contributed by atoms with Crippen LogP contribution in [-0.4, -0.2) is 19.2 Å². The summed E-state index contributed by atoms with van der Waals surface area (Å²) in [4.78, 5) is 10.3. The van der Waals surface area contributed by atoms with Crippen molar-refractivity contribution in [1.29, 1.82) is 5.26 Å². The predicted octanol–water partition coefficient (Wildman–Crippen LogP) is 1.83. The van der Waals surface area contributed by atoms with Crippen molar-refractivity contribution in [2.45, 2.75) is 0 Å². The van der Waals surface area contributed by atoms with Gasteiger partial charge in [0.2, 0.25) is 0 Å². The van der Waals surface area contributed by atoms with E-state index in [1.54, 1.807) is 12.1 Å². The van der Waals surface area contributed by atoms with Gasteiger partial charge < -0.3 is 15.8 Å². The third-order valence-electron chi connectivity index (χ3n) is 1.79. The fourth-order valence-electron chi connectivity index (χ4n) is 1.12. The SMILES string of the molecule is N#Cc1c(Br)cccc1NCCOC(N)=O. The van der Waals surface area contributed by atoms with E-state index in [9.17, 15) is 4.79 Å². The molecule has 1 aromatic carbocycles. The maximum atomic E-state index is 10.3. The minimum atomic E-state index is -0.809. The maximum absolute atomic E-state index is 10.3. The molecule has 0 aliphatic heterocycles.